The number of unbranched alkanes of at least 4 members (excludes halogenated alkanes) is 2. The fraction of sp³-hybridized carbons (Fsp3) is 0.458. The van der Waals surface area contributed by atoms with Crippen molar-refractivity contribution < 1.29 is 4.79 Å². The second-order valence-corrected chi connectivity index (χ2v) is 8.19. The van der Waals surface area contributed by atoms with E-state index < -0.39 is 0 Å². The van der Waals surface area contributed by atoms with E-state index in [9.17, 15) is 4.79 Å². The highest BCUT2D eigenvalue weighted by atomic mass is 16.1. The topological polar surface area (TPSA) is 63.1 Å². The first-order chi connectivity index (χ1) is 14.8. The summed E-state index contributed by atoms with van der Waals surface area (Å²) in [5.74, 6) is 1.17. The van der Waals surface area contributed by atoms with Crippen molar-refractivity contribution in [1.29, 1.82) is 0 Å². The first-order valence-electron chi connectivity index (χ1n) is 11.1. The van der Waals surface area contributed by atoms with Crippen LogP contribution in [0.3, 0.4) is 0 Å². The van der Waals surface area contributed by atoms with Crippen LogP contribution in [-0.4, -0.2) is 33.9 Å². The largest absolute Gasteiger partial charge is 0.372 e. The molecule has 0 radical (unpaired) electrons. The van der Waals surface area contributed by atoms with E-state index in [-0.39, 0.29) is 0 Å². The monoisotopic (exact) mass is 405 g/mol. The van der Waals surface area contributed by atoms with Crippen molar-refractivity contribution in [3.63, 3.8) is 0 Å². The van der Waals surface area contributed by atoms with Crippen LogP contribution >= 0.6 is 0 Å². The zero-order chi connectivity index (χ0) is 20.8. The number of anilines is 3. The van der Waals surface area contributed by atoms with Gasteiger partial charge in [-0.2, -0.15) is 4.98 Å². The minimum absolute atomic E-state index is 0.549. The standard InChI is InChI=1S/C24H31N5O/c1-2-3-4-13-29-16-11-20-18-25-24(27-23(20)29)26-21-5-7-22(8-6-21)28-14-9-19(10-15-28)12-17-30/h5-8,11,16-19H,2-4,9-10,12-15H2,1H3,(H,25,26,27). The zero-order valence-electron chi connectivity index (χ0n) is 17.8. The lowest BCUT2D eigenvalue weighted by Crippen LogP contribution is -2.33. The first kappa shape index (κ1) is 20.4. The molecule has 0 bridgehead atoms. The van der Waals surface area contributed by atoms with Gasteiger partial charge < -0.3 is 19.6 Å². The van der Waals surface area contributed by atoms with Crippen molar-refractivity contribution in [1.82, 2.24) is 14.5 Å². The van der Waals surface area contributed by atoms with E-state index in [1.165, 1.54) is 24.9 Å². The summed E-state index contributed by atoms with van der Waals surface area (Å²) in [5, 5.41) is 4.42. The van der Waals surface area contributed by atoms with Gasteiger partial charge in [0.25, 0.3) is 0 Å². The number of carbonyl (C=O) groups excluding carboxylic acids is 1. The van der Waals surface area contributed by atoms with Gasteiger partial charge in [-0.3, -0.25) is 0 Å². The van der Waals surface area contributed by atoms with Crippen molar-refractivity contribution in [3.05, 3.63) is 42.7 Å². The number of aldehydes is 1. The number of piperidine rings is 1. The molecule has 0 saturated carbocycles. The van der Waals surface area contributed by atoms with Gasteiger partial charge in [-0.1, -0.05) is 19.8 Å². The Morgan fingerprint density at radius 3 is 2.67 bits per heavy atom. The van der Waals surface area contributed by atoms with Crippen LogP contribution in [0.5, 0.6) is 0 Å². The van der Waals surface area contributed by atoms with Gasteiger partial charge in [0, 0.05) is 55.2 Å². The van der Waals surface area contributed by atoms with Gasteiger partial charge in [-0.25, -0.2) is 4.98 Å². The molecule has 1 N–H and O–H groups in total. The quantitative estimate of drug-likeness (QED) is 0.393. The predicted molar refractivity (Wildman–Crippen MR) is 122 cm³/mol. The molecule has 6 nitrogen and oxygen atoms in total. The highest BCUT2D eigenvalue weighted by Gasteiger charge is 2.19. The van der Waals surface area contributed by atoms with E-state index in [1.54, 1.807) is 0 Å². The maximum atomic E-state index is 10.7. The van der Waals surface area contributed by atoms with Gasteiger partial charge in [-0.05, 0) is 55.5 Å². The van der Waals surface area contributed by atoms with Crippen molar-refractivity contribution in [3.8, 4) is 0 Å². The lowest BCUT2D eigenvalue weighted by molar-refractivity contribution is -0.108. The number of carbonyl (C=O) groups is 1. The Morgan fingerprint density at radius 2 is 1.93 bits per heavy atom. The van der Waals surface area contributed by atoms with Crippen LogP contribution in [0.15, 0.2) is 42.7 Å². The normalized spacial score (nSPS) is 14.9. The molecule has 4 rings (SSSR count). The highest BCUT2D eigenvalue weighted by molar-refractivity contribution is 5.76. The van der Waals surface area contributed by atoms with Gasteiger partial charge >= 0.3 is 0 Å². The van der Waals surface area contributed by atoms with E-state index in [2.05, 4.69) is 63.2 Å². The Kier molecular flexibility index (Phi) is 6.62. The molecule has 1 aliphatic heterocycles. The minimum Gasteiger partial charge on any atom is -0.372 e. The third kappa shape index (κ3) is 4.81. The molecule has 0 unspecified atom stereocenters. The Bertz CT molecular complexity index is 957. The third-order valence-electron chi connectivity index (χ3n) is 6.04. The van der Waals surface area contributed by atoms with E-state index in [1.807, 2.05) is 6.20 Å². The number of hydrogen-bond donors (Lipinski definition) is 1. The zero-order valence-corrected chi connectivity index (χ0v) is 17.8. The summed E-state index contributed by atoms with van der Waals surface area (Å²) in [6.07, 6.45) is 11.5. The molecule has 1 saturated heterocycles. The number of hydrogen-bond acceptors (Lipinski definition) is 5. The van der Waals surface area contributed by atoms with E-state index >= 15 is 0 Å². The number of aromatic nitrogens is 3. The van der Waals surface area contributed by atoms with Gasteiger partial charge in [0.05, 0.1) is 0 Å². The molecule has 0 spiro atoms. The molecule has 6 heteroatoms. The summed E-state index contributed by atoms with van der Waals surface area (Å²) in [6, 6.07) is 10.5. The smallest absolute Gasteiger partial charge is 0.229 e. The van der Waals surface area contributed by atoms with Crippen LogP contribution in [0.1, 0.15) is 45.4 Å². The van der Waals surface area contributed by atoms with Crippen molar-refractivity contribution in [2.24, 2.45) is 5.92 Å². The SMILES string of the molecule is CCCCCn1ccc2cnc(Nc3ccc(N4CCC(CC=O)CC4)cc3)nc21. The second kappa shape index (κ2) is 9.74. The van der Waals surface area contributed by atoms with Crippen LogP contribution in [0.25, 0.3) is 11.0 Å². The fourth-order valence-corrected chi connectivity index (χ4v) is 4.19. The number of aryl methyl sites for hydroxylation is 1. The Labute approximate surface area is 178 Å². The molecule has 3 aromatic rings. The van der Waals surface area contributed by atoms with Crippen LogP contribution in [-0.2, 0) is 11.3 Å². The molecule has 0 amide bonds. The molecule has 3 heterocycles. The van der Waals surface area contributed by atoms with E-state index in [4.69, 9.17) is 4.98 Å². The van der Waals surface area contributed by atoms with Gasteiger partial charge in [-0.15, -0.1) is 0 Å². The molecule has 158 valence electrons. The molecule has 1 aromatic carbocycles. The molecule has 0 aliphatic carbocycles. The van der Waals surface area contributed by atoms with Gasteiger partial charge in [0.2, 0.25) is 5.95 Å². The molecule has 0 atom stereocenters. The first-order valence-corrected chi connectivity index (χ1v) is 11.1. The molecule has 1 fully saturated rings. The van der Waals surface area contributed by atoms with Gasteiger partial charge in [0.15, 0.2) is 0 Å². The number of nitrogens with one attached hydrogen (secondary N) is 1. The van der Waals surface area contributed by atoms with Crippen molar-refractivity contribution in [2.45, 2.75) is 52.0 Å². The molecule has 2 aromatic heterocycles. The highest BCUT2D eigenvalue weighted by Crippen LogP contribution is 2.26. The van der Waals surface area contributed by atoms with Crippen LogP contribution in [0, 0.1) is 5.92 Å². The maximum Gasteiger partial charge on any atom is 0.229 e. The average molecular weight is 406 g/mol. The summed E-state index contributed by atoms with van der Waals surface area (Å²) >= 11 is 0. The number of fused-ring (bicyclic) bond motifs is 1. The Morgan fingerprint density at radius 1 is 1.13 bits per heavy atom. The summed E-state index contributed by atoms with van der Waals surface area (Å²) < 4.78 is 2.22. The van der Waals surface area contributed by atoms with E-state index in [0.29, 0.717) is 18.3 Å². The fourth-order valence-electron chi connectivity index (χ4n) is 4.19. The number of benzene rings is 1. The van der Waals surface area contributed by atoms with Gasteiger partial charge in [0.1, 0.15) is 11.9 Å². The summed E-state index contributed by atoms with van der Waals surface area (Å²) in [7, 11) is 0. The summed E-state index contributed by atoms with van der Waals surface area (Å²) in [5.41, 5.74) is 3.20. The third-order valence-corrected chi connectivity index (χ3v) is 6.04. The van der Waals surface area contributed by atoms with E-state index in [0.717, 1.165) is 55.5 Å². The minimum atomic E-state index is 0.549. The molecular weight excluding hydrogens is 374 g/mol. The Hall–Kier alpha value is -2.89. The summed E-state index contributed by atoms with van der Waals surface area (Å²) in [6.45, 7) is 5.24. The lowest BCUT2D eigenvalue weighted by atomic mass is 9.94. The summed E-state index contributed by atoms with van der Waals surface area (Å²) in [4.78, 5) is 22.3. The molecular formula is C24H31N5O. The maximum absolute atomic E-state index is 10.7. The van der Waals surface area contributed by atoms with Crippen molar-refractivity contribution >= 4 is 34.6 Å². The molecule has 1 aliphatic rings. The molecule has 30 heavy (non-hydrogen) atoms. The number of nitrogens with zero attached hydrogens (tertiary/aromatic N) is 4. The predicted octanol–water partition coefficient (Wildman–Crippen LogP) is 5.17. The van der Waals surface area contributed by atoms with Crippen LogP contribution < -0.4 is 10.2 Å². The van der Waals surface area contributed by atoms with Crippen LogP contribution in [0.4, 0.5) is 17.3 Å². The number of rotatable bonds is 9. The lowest BCUT2D eigenvalue weighted by Gasteiger charge is -2.33. The van der Waals surface area contributed by atoms with Crippen LogP contribution in [0.2, 0.25) is 0 Å². The average Bonchev–Trinajstić information content (AvgIpc) is 3.18. The van der Waals surface area contributed by atoms with Crippen molar-refractivity contribution in [2.75, 3.05) is 23.3 Å². The second-order valence-electron chi connectivity index (χ2n) is 8.19. The Balaban J connectivity index is 1.40.